The maximum absolute atomic E-state index is 14.1. The molecule has 17 heteroatoms. The van der Waals surface area contributed by atoms with Gasteiger partial charge in [0.1, 0.15) is 24.4 Å². The van der Waals surface area contributed by atoms with Crippen molar-refractivity contribution in [2.24, 2.45) is 5.41 Å². The minimum absolute atomic E-state index is 0.0124. The van der Waals surface area contributed by atoms with Crippen LogP contribution in [0.2, 0.25) is 0 Å². The molecule has 0 saturated carbocycles. The van der Waals surface area contributed by atoms with E-state index in [0.717, 1.165) is 93.3 Å². The molecule has 0 spiro atoms. The second kappa shape index (κ2) is 25.9. The molecule has 2 fully saturated rings. The first-order chi connectivity index (χ1) is 35.9. The summed E-state index contributed by atoms with van der Waals surface area (Å²) in [6.45, 7) is 18.5. The van der Waals surface area contributed by atoms with E-state index in [2.05, 4.69) is 43.8 Å². The van der Waals surface area contributed by atoms with E-state index in [4.69, 9.17) is 14.2 Å². The van der Waals surface area contributed by atoms with Gasteiger partial charge in [-0.15, -0.1) is 11.3 Å². The average Bonchev–Trinajstić information content (AvgIpc) is 4.01. The van der Waals surface area contributed by atoms with Gasteiger partial charge >= 0.3 is 0 Å². The molecule has 4 amide bonds. The number of aromatic nitrogens is 2. The van der Waals surface area contributed by atoms with Crippen molar-refractivity contribution in [3.05, 3.63) is 122 Å². The SMILES string of the molecule is CCN(c1cc(-c2ccc(OCCCCCOCC(=O)NC(C(=O)N3C[C@H](O)C[C@H]3C(=O)NCc3ccc(-c4scnc4C)cc3)C(C)(C)C)cc2)cc(C(=O)NCc2c(C)cc(C)[nH]c2=O)c1C)C1CCOCC1. The van der Waals surface area contributed by atoms with Gasteiger partial charge in [0.05, 0.1) is 28.8 Å². The van der Waals surface area contributed by atoms with Crippen LogP contribution in [0.25, 0.3) is 21.6 Å². The normalized spacial score (nSPS) is 16.4. The maximum Gasteiger partial charge on any atom is 0.253 e. The Morgan fingerprint density at radius 1 is 0.907 bits per heavy atom. The summed E-state index contributed by atoms with van der Waals surface area (Å²) in [7, 11) is 0. The molecule has 4 heterocycles. The van der Waals surface area contributed by atoms with E-state index in [0.29, 0.717) is 44.0 Å². The van der Waals surface area contributed by atoms with Crippen molar-refractivity contribution in [2.75, 3.05) is 51.0 Å². The van der Waals surface area contributed by atoms with Crippen LogP contribution in [0.3, 0.4) is 0 Å². The number of H-pyrrole nitrogens is 1. The first kappa shape index (κ1) is 56.3. The number of thiazole rings is 1. The Labute approximate surface area is 445 Å². The smallest absolute Gasteiger partial charge is 0.253 e. The van der Waals surface area contributed by atoms with E-state index in [1.807, 2.05) is 115 Å². The third-order valence-corrected chi connectivity index (χ3v) is 15.1. The topological polar surface area (TPSA) is 205 Å². The first-order valence-electron chi connectivity index (χ1n) is 26.2. The molecule has 2 aliphatic rings. The third-order valence-electron chi connectivity index (χ3n) is 14.2. The van der Waals surface area contributed by atoms with Crippen LogP contribution in [-0.4, -0.2) is 114 Å². The summed E-state index contributed by atoms with van der Waals surface area (Å²) in [6, 6.07) is 20.2. The lowest BCUT2D eigenvalue weighted by atomic mass is 9.85. The number of aromatic amines is 1. The molecule has 402 valence electrons. The number of hydrogen-bond acceptors (Lipinski definition) is 12. The van der Waals surface area contributed by atoms with Crippen molar-refractivity contribution in [3.63, 3.8) is 0 Å². The molecule has 75 heavy (non-hydrogen) atoms. The number of amides is 4. The molecule has 16 nitrogen and oxygen atoms in total. The summed E-state index contributed by atoms with van der Waals surface area (Å²) in [5, 5.41) is 19.4. The number of β-amino-alcohol motifs (C(OH)–C–C–N with tert-alkyl or cyclic N) is 1. The zero-order chi connectivity index (χ0) is 53.8. The number of hydrogen-bond donors (Lipinski definition) is 5. The van der Waals surface area contributed by atoms with Crippen molar-refractivity contribution in [1.29, 1.82) is 0 Å². The van der Waals surface area contributed by atoms with Crippen LogP contribution in [0.15, 0.2) is 77.0 Å². The lowest BCUT2D eigenvalue weighted by Crippen LogP contribution is -2.58. The summed E-state index contributed by atoms with van der Waals surface area (Å²) < 4.78 is 17.5. The molecule has 3 atom stereocenters. The molecule has 0 bridgehead atoms. The minimum Gasteiger partial charge on any atom is -0.494 e. The second-order valence-electron chi connectivity index (χ2n) is 20.9. The molecule has 2 saturated heterocycles. The van der Waals surface area contributed by atoms with Crippen LogP contribution >= 0.6 is 11.3 Å². The number of pyridine rings is 1. The van der Waals surface area contributed by atoms with E-state index in [9.17, 15) is 29.1 Å². The summed E-state index contributed by atoms with van der Waals surface area (Å²) in [6.07, 6.45) is 3.29. The van der Waals surface area contributed by atoms with Gasteiger partial charge in [-0.3, -0.25) is 24.0 Å². The Bertz CT molecular complexity index is 2820. The van der Waals surface area contributed by atoms with Crippen molar-refractivity contribution < 1.29 is 38.5 Å². The zero-order valence-corrected chi connectivity index (χ0v) is 45.6. The Kier molecular flexibility index (Phi) is 19.5. The summed E-state index contributed by atoms with van der Waals surface area (Å²) in [5.41, 5.74) is 10.2. The van der Waals surface area contributed by atoms with E-state index in [1.165, 1.54) is 4.90 Å². The third kappa shape index (κ3) is 14.7. The number of unbranched alkanes of at least 4 members (excludes halogenated alkanes) is 2. The molecule has 7 rings (SSSR count). The number of nitrogens with zero attached hydrogens (tertiary/aromatic N) is 3. The number of aliphatic hydroxyl groups excluding tert-OH is 1. The molecule has 3 aromatic carbocycles. The van der Waals surface area contributed by atoms with E-state index in [-0.39, 0.29) is 56.1 Å². The summed E-state index contributed by atoms with van der Waals surface area (Å²) >= 11 is 1.57. The molecule has 1 unspecified atom stereocenters. The standard InChI is InChI=1S/C58H75N7O9S/c1-9-64(44-21-25-72-26-22-44)49-29-43(28-47(38(49)4)54(68)60-32-48-36(2)27-37(3)62-55(48)69)41-17-19-46(20-18-41)74-24-12-10-11-23-73-34-51(67)63-53(58(6,7)8)57(71)65-33-45(66)30-50(65)56(70)59-31-40-13-15-42(16-14-40)52-39(5)61-35-75-52/h13-20,27-29,35,44-45,50,53,66H,9-12,21-26,30-34H2,1-8H3,(H,59,70)(H,60,68)(H,62,69)(H,63,67)/t45-,50+,53?/m1/s1. The van der Waals surface area contributed by atoms with Crippen LogP contribution < -0.4 is 31.1 Å². The maximum atomic E-state index is 14.1. The van der Waals surface area contributed by atoms with Crippen LogP contribution in [0.5, 0.6) is 5.75 Å². The lowest BCUT2D eigenvalue weighted by Gasteiger charge is -2.37. The minimum atomic E-state index is -0.955. The number of likely N-dealkylation sites (tertiary alicyclic amines) is 1. The Balaban J connectivity index is 0.868. The molecule has 2 aromatic heterocycles. The highest BCUT2D eigenvalue weighted by Gasteiger charge is 2.44. The fourth-order valence-electron chi connectivity index (χ4n) is 9.95. The predicted molar refractivity (Wildman–Crippen MR) is 293 cm³/mol. The highest BCUT2D eigenvalue weighted by molar-refractivity contribution is 7.13. The summed E-state index contributed by atoms with van der Waals surface area (Å²) in [4.78, 5) is 79.5. The van der Waals surface area contributed by atoms with Crippen molar-refractivity contribution in [2.45, 2.75) is 131 Å². The number of carbonyl (C=O) groups excluding carboxylic acids is 4. The van der Waals surface area contributed by atoms with E-state index >= 15 is 0 Å². The van der Waals surface area contributed by atoms with Crippen molar-refractivity contribution in [1.82, 2.24) is 30.8 Å². The van der Waals surface area contributed by atoms with Gasteiger partial charge in [0.15, 0.2) is 0 Å². The van der Waals surface area contributed by atoms with Gasteiger partial charge < -0.3 is 50.1 Å². The largest absolute Gasteiger partial charge is 0.494 e. The monoisotopic (exact) mass is 1050 g/mol. The lowest BCUT2D eigenvalue weighted by molar-refractivity contribution is -0.144. The van der Waals surface area contributed by atoms with Gasteiger partial charge in [-0.25, -0.2) is 4.98 Å². The summed E-state index contributed by atoms with van der Waals surface area (Å²) in [5.74, 6) is -0.770. The number of carbonyl (C=O) groups is 4. The Morgan fingerprint density at radius 2 is 1.61 bits per heavy atom. The number of nitrogens with one attached hydrogen (secondary N) is 4. The number of benzene rings is 3. The van der Waals surface area contributed by atoms with Crippen LogP contribution in [0.4, 0.5) is 5.69 Å². The fourth-order valence-corrected chi connectivity index (χ4v) is 10.8. The van der Waals surface area contributed by atoms with Gasteiger partial charge in [0, 0.05) is 81.0 Å². The average molecular weight is 1050 g/mol. The zero-order valence-electron chi connectivity index (χ0n) is 44.8. The molecular formula is C58H75N7O9S. The van der Waals surface area contributed by atoms with E-state index in [1.54, 1.807) is 11.3 Å². The predicted octanol–water partition coefficient (Wildman–Crippen LogP) is 7.71. The van der Waals surface area contributed by atoms with Gasteiger partial charge in [-0.05, 0) is 136 Å². The van der Waals surface area contributed by atoms with Crippen LogP contribution in [-0.2, 0) is 36.9 Å². The molecule has 0 radical (unpaired) electrons. The number of aryl methyl sites for hydroxylation is 3. The van der Waals surface area contributed by atoms with Crippen LogP contribution in [0.1, 0.15) is 110 Å². The van der Waals surface area contributed by atoms with Gasteiger partial charge in [-0.1, -0.05) is 57.2 Å². The highest BCUT2D eigenvalue weighted by atomic mass is 32.1. The van der Waals surface area contributed by atoms with Gasteiger partial charge in [-0.2, -0.15) is 0 Å². The van der Waals surface area contributed by atoms with Gasteiger partial charge in [0.25, 0.3) is 11.5 Å². The van der Waals surface area contributed by atoms with Gasteiger partial charge in [0.2, 0.25) is 17.7 Å². The second-order valence-corrected chi connectivity index (χ2v) is 21.7. The molecular weight excluding hydrogens is 971 g/mol. The highest BCUT2D eigenvalue weighted by Crippen LogP contribution is 2.35. The molecule has 2 aliphatic heterocycles. The molecule has 0 aliphatic carbocycles. The quantitative estimate of drug-likeness (QED) is 0.0425. The van der Waals surface area contributed by atoms with Crippen LogP contribution in [0, 0.1) is 33.1 Å². The number of rotatable bonds is 22. The number of aliphatic hydroxyl groups is 1. The first-order valence-corrected chi connectivity index (χ1v) is 27.1. The molecule has 5 aromatic rings. The molecule has 5 N–H and O–H groups in total. The van der Waals surface area contributed by atoms with E-state index < -0.39 is 35.4 Å². The Hall–Kier alpha value is -6.40. The number of ether oxygens (including phenoxy) is 3. The number of anilines is 1. The van der Waals surface area contributed by atoms with Crippen molar-refractivity contribution in [3.8, 4) is 27.3 Å². The fraction of sp³-hybridized carbons (Fsp3) is 0.483. The Morgan fingerprint density at radius 3 is 2.28 bits per heavy atom. The van der Waals surface area contributed by atoms with Crippen molar-refractivity contribution >= 4 is 40.7 Å².